The Morgan fingerprint density at radius 3 is 2.95 bits per heavy atom. The zero-order valence-corrected chi connectivity index (χ0v) is 12.3. The summed E-state index contributed by atoms with van der Waals surface area (Å²) in [5.74, 6) is 0.0554. The van der Waals surface area contributed by atoms with E-state index in [0.717, 1.165) is 29.5 Å². The molecule has 4 nitrogen and oxygen atoms in total. The zero-order valence-electron chi connectivity index (χ0n) is 12.3. The van der Waals surface area contributed by atoms with Gasteiger partial charge in [0.25, 0.3) is 5.91 Å². The van der Waals surface area contributed by atoms with Gasteiger partial charge in [0, 0.05) is 13.0 Å². The third kappa shape index (κ3) is 1.74. The van der Waals surface area contributed by atoms with Crippen LogP contribution in [0, 0.1) is 6.92 Å². The first kappa shape index (κ1) is 13.4. The molecule has 1 aromatic carbocycles. The van der Waals surface area contributed by atoms with Gasteiger partial charge in [0.15, 0.2) is 0 Å². The lowest BCUT2D eigenvalue weighted by molar-refractivity contribution is -0.0569. The van der Waals surface area contributed by atoms with Gasteiger partial charge < -0.3 is 14.7 Å². The zero-order chi connectivity index (χ0) is 14.5. The Bertz CT molecular complexity index is 582. The number of aromatic hydroxyl groups is 1. The molecule has 3 rings (SSSR count). The molecule has 108 valence electrons. The molecule has 1 amide bonds. The summed E-state index contributed by atoms with van der Waals surface area (Å²) in [6.45, 7) is 7.13. The topological polar surface area (TPSA) is 49.8 Å². The highest BCUT2D eigenvalue weighted by Crippen LogP contribution is 2.40. The van der Waals surface area contributed by atoms with Crippen LogP contribution in [0.2, 0.25) is 0 Å². The van der Waals surface area contributed by atoms with E-state index >= 15 is 0 Å². The summed E-state index contributed by atoms with van der Waals surface area (Å²) in [6.07, 6.45) is 2.59. The largest absolute Gasteiger partial charge is 0.507 e. The van der Waals surface area contributed by atoms with Gasteiger partial charge in [0.2, 0.25) is 0 Å². The SMILES string of the molecule is CCCc1cc2c(c(O)c1C)C(=O)N1CCOC1(C)C2. The van der Waals surface area contributed by atoms with E-state index in [1.165, 1.54) is 0 Å². The van der Waals surface area contributed by atoms with Gasteiger partial charge in [-0.05, 0) is 37.0 Å². The number of phenols is 1. The Morgan fingerprint density at radius 1 is 1.50 bits per heavy atom. The number of carbonyl (C=O) groups excluding carboxylic acids is 1. The van der Waals surface area contributed by atoms with Crippen LogP contribution >= 0.6 is 0 Å². The minimum absolute atomic E-state index is 0.102. The number of amides is 1. The lowest BCUT2D eigenvalue weighted by atomic mass is 9.87. The van der Waals surface area contributed by atoms with Crippen molar-refractivity contribution in [2.45, 2.75) is 45.8 Å². The van der Waals surface area contributed by atoms with Crippen molar-refractivity contribution in [2.24, 2.45) is 0 Å². The van der Waals surface area contributed by atoms with Crippen molar-refractivity contribution >= 4 is 5.91 Å². The van der Waals surface area contributed by atoms with Gasteiger partial charge in [-0.2, -0.15) is 0 Å². The maximum atomic E-state index is 12.6. The molecule has 2 heterocycles. The van der Waals surface area contributed by atoms with E-state index in [4.69, 9.17) is 4.74 Å². The Morgan fingerprint density at radius 2 is 2.25 bits per heavy atom. The summed E-state index contributed by atoms with van der Waals surface area (Å²) < 4.78 is 5.77. The molecule has 1 unspecified atom stereocenters. The molecule has 0 aromatic heterocycles. The Kier molecular flexibility index (Phi) is 3.01. The Balaban J connectivity index is 2.15. The second kappa shape index (κ2) is 4.48. The normalized spacial score (nSPS) is 24.8. The summed E-state index contributed by atoms with van der Waals surface area (Å²) in [4.78, 5) is 14.4. The van der Waals surface area contributed by atoms with E-state index in [1.807, 2.05) is 13.8 Å². The minimum atomic E-state index is -0.546. The average molecular weight is 275 g/mol. The number of hydrogen-bond donors (Lipinski definition) is 1. The highest BCUT2D eigenvalue weighted by atomic mass is 16.5. The molecule has 20 heavy (non-hydrogen) atoms. The number of fused-ring (bicyclic) bond motifs is 2. The van der Waals surface area contributed by atoms with Crippen molar-refractivity contribution < 1.29 is 14.6 Å². The van der Waals surface area contributed by atoms with Crippen molar-refractivity contribution in [3.63, 3.8) is 0 Å². The van der Waals surface area contributed by atoms with Gasteiger partial charge in [0.05, 0.1) is 12.2 Å². The fourth-order valence-electron chi connectivity index (χ4n) is 3.41. The number of nitrogens with zero attached hydrogens (tertiary/aromatic N) is 1. The van der Waals surface area contributed by atoms with E-state index in [2.05, 4.69) is 13.0 Å². The van der Waals surface area contributed by atoms with E-state index in [1.54, 1.807) is 4.90 Å². The predicted octanol–water partition coefficient (Wildman–Crippen LogP) is 2.40. The molecule has 4 heteroatoms. The molecule has 1 fully saturated rings. The van der Waals surface area contributed by atoms with Crippen LogP contribution in [0.25, 0.3) is 0 Å². The molecule has 1 saturated heterocycles. The first-order chi connectivity index (χ1) is 9.48. The predicted molar refractivity (Wildman–Crippen MR) is 75.9 cm³/mol. The van der Waals surface area contributed by atoms with Crippen molar-refractivity contribution in [3.8, 4) is 5.75 Å². The molecular formula is C16H21NO3. The summed E-state index contributed by atoms with van der Waals surface area (Å²) >= 11 is 0. The van der Waals surface area contributed by atoms with E-state index in [0.29, 0.717) is 25.1 Å². The van der Waals surface area contributed by atoms with Crippen LogP contribution in [0.15, 0.2) is 6.07 Å². The van der Waals surface area contributed by atoms with Crippen LogP contribution in [0.5, 0.6) is 5.75 Å². The van der Waals surface area contributed by atoms with Crippen molar-refractivity contribution in [3.05, 3.63) is 28.3 Å². The van der Waals surface area contributed by atoms with Gasteiger partial charge in [-0.15, -0.1) is 0 Å². The maximum Gasteiger partial charge on any atom is 0.260 e. The molecule has 0 saturated carbocycles. The molecule has 0 spiro atoms. The number of carbonyl (C=O) groups is 1. The van der Waals surface area contributed by atoms with Crippen LogP contribution in [0.4, 0.5) is 0 Å². The van der Waals surface area contributed by atoms with E-state index in [-0.39, 0.29) is 11.7 Å². The molecule has 0 radical (unpaired) electrons. The fraction of sp³-hybridized carbons (Fsp3) is 0.562. The van der Waals surface area contributed by atoms with Gasteiger partial charge >= 0.3 is 0 Å². The summed E-state index contributed by atoms with van der Waals surface area (Å²) in [5, 5.41) is 10.4. The number of benzene rings is 1. The lowest BCUT2D eigenvalue weighted by Gasteiger charge is -2.39. The summed E-state index contributed by atoms with van der Waals surface area (Å²) in [5.41, 5.74) is 2.82. The fourth-order valence-corrected chi connectivity index (χ4v) is 3.41. The Hall–Kier alpha value is -1.55. The van der Waals surface area contributed by atoms with Gasteiger partial charge in [-0.25, -0.2) is 0 Å². The quantitative estimate of drug-likeness (QED) is 0.901. The third-order valence-corrected chi connectivity index (χ3v) is 4.54. The molecule has 2 aliphatic rings. The third-order valence-electron chi connectivity index (χ3n) is 4.54. The lowest BCUT2D eigenvalue weighted by Crippen LogP contribution is -2.51. The highest BCUT2D eigenvalue weighted by Gasteiger charge is 2.47. The first-order valence-electron chi connectivity index (χ1n) is 7.28. The minimum Gasteiger partial charge on any atom is -0.507 e. The molecule has 0 bridgehead atoms. The molecule has 1 N–H and O–H groups in total. The number of hydrogen-bond acceptors (Lipinski definition) is 3. The van der Waals surface area contributed by atoms with Crippen LogP contribution < -0.4 is 0 Å². The highest BCUT2D eigenvalue weighted by molar-refractivity contribution is 6.00. The molecule has 1 atom stereocenters. The standard InChI is InChI=1S/C16H21NO3/c1-4-5-11-8-12-9-16(3)17(6-7-20-16)15(19)13(12)14(18)10(11)2/h8,18H,4-7,9H2,1-3H3. The molecular weight excluding hydrogens is 254 g/mol. The smallest absolute Gasteiger partial charge is 0.260 e. The second-order valence-corrected chi connectivity index (χ2v) is 5.95. The number of rotatable bonds is 2. The Labute approximate surface area is 119 Å². The van der Waals surface area contributed by atoms with Crippen molar-refractivity contribution in [2.75, 3.05) is 13.2 Å². The van der Waals surface area contributed by atoms with Gasteiger partial charge in [-0.3, -0.25) is 4.79 Å². The van der Waals surface area contributed by atoms with Crippen LogP contribution in [0.1, 0.15) is 47.3 Å². The summed E-state index contributed by atoms with van der Waals surface area (Å²) in [6, 6.07) is 2.08. The van der Waals surface area contributed by atoms with E-state index < -0.39 is 5.72 Å². The van der Waals surface area contributed by atoms with Crippen LogP contribution in [0.3, 0.4) is 0 Å². The number of phenolic OH excluding ortho intramolecular Hbond substituents is 1. The van der Waals surface area contributed by atoms with E-state index in [9.17, 15) is 9.90 Å². The van der Waals surface area contributed by atoms with Crippen molar-refractivity contribution in [1.29, 1.82) is 0 Å². The summed E-state index contributed by atoms with van der Waals surface area (Å²) in [7, 11) is 0. The number of aryl methyl sites for hydroxylation is 1. The van der Waals surface area contributed by atoms with Gasteiger partial charge in [-0.1, -0.05) is 19.4 Å². The molecule has 2 aliphatic heterocycles. The van der Waals surface area contributed by atoms with Crippen LogP contribution in [-0.4, -0.2) is 34.8 Å². The first-order valence-corrected chi connectivity index (χ1v) is 7.28. The van der Waals surface area contributed by atoms with Gasteiger partial charge in [0.1, 0.15) is 11.5 Å². The van der Waals surface area contributed by atoms with Crippen LogP contribution in [-0.2, 0) is 17.6 Å². The average Bonchev–Trinajstić information content (AvgIpc) is 2.77. The maximum absolute atomic E-state index is 12.6. The number of ether oxygens (including phenoxy) is 1. The second-order valence-electron chi connectivity index (χ2n) is 5.95. The van der Waals surface area contributed by atoms with Crippen molar-refractivity contribution in [1.82, 2.24) is 4.90 Å². The molecule has 1 aromatic rings. The molecule has 0 aliphatic carbocycles. The monoisotopic (exact) mass is 275 g/mol.